The Morgan fingerprint density at radius 2 is 2.38 bits per heavy atom. The third-order valence-corrected chi connectivity index (χ3v) is 2.79. The summed E-state index contributed by atoms with van der Waals surface area (Å²) in [5, 5.41) is 6.33. The SMILES string of the molecule is NCc1nc(CC(=O)n2cnc(N)n2)cs1. The third kappa shape index (κ3) is 2.23. The van der Waals surface area contributed by atoms with E-state index in [4.69, 9.17) is 11.5 Å². The summed E-state index contributed by atoms with van der Waals surface area (Å²) in [6.45, 7) is 0.384. The van der Waals surface area contributed by atoms with E-state index in [0.717, 1.165) is 9.69 Å². The number of nitrogens with zero attached hydrogens (tertiary/aromatic N) is 4. The van der Waals surface area contributed by atoms with Crippen molar-refractivity contribution in [2.75, 3.05) is 5.73 Å². The van der Waals surface area contributed by atoms with Crippen LogP contribution in [0.5, 0.6) is 0 Å². The van der Waals surface area contributed by atoms with Gasteiger partial charge in [0.2, 0.25) is 5.95 Å². The number of thiazole rings is 1. The number of carbonyl (C=O) groups excluding carboxylic acids is 1. The van der Waals surface area contributed by atoms with Gasteiger partial charge in [-0.3, -0.25) is 4.79 Å². The van der Waals surface area contributed by atoms with Crippen LogP contribution in [0.3, 0.4) is 0 Å². The normalized spacial score (nSPS) is 10.6. The molecule has 84 valence electrons. The molecule has 0 aliphatic carbocycles. The van der Waals surface area contributed by atoms with Crippen LogP contribution in [0.2, 0.25) is 0 Å². The highest BCUT2D eigenvalue weighted by molar-refractivity contribution is 7.09. The van der Waals surface area contributed by atoms with Crippen LogP contribution in [0.15, 0.2) is 11.7 Å². The second kappa shape index (κ2) is 4.37. The summed E-state index contributed by atoms with van der Waals surface area (Å²) < 4.78 is 1.11. The maximum Gasteiger partial charge on any atom is 0.254 e. The number of rotatable bonds is 3. The fraction of sp³-hybridized carbons (Fsp3) is 0.250. The van der Waals surface area contributed by atoms with Gasteiger partial charge in [-0.15, -0.1) is 16.4 Å². The smallest absolute Gasteiger partial charge is 0.254 e. The van der Waals surface area contributed by atoms with Crippen molar-refractivity contribution < 1.29 is 4.79 Å². The number of aromatic nitrogens is 4. The molecule has 7 nitrogen and oxygen atoms in total. The first-order valence-corrected chi connectivity index (χ1v) is 5.40. The van der Waals surface area contributed by atoms with Crippen molar-refractivity contribution in [3.63, 3.8) is 0 Å². The van der Waals surface area contributed by atoms with Crippen molar-refractivity contribution in [2.45, 2.75) is 13.0 Å². The number of hydrogen-bond donors (Lipinski definition) is 2. The zero-order chi connectivity index (χ0) is 11.5. The van der Waals surface area contributed by atoms with Gasteiger partial charge in [-0.25, -0.2) is 9.97 Å². The predicted octanol–water partition coefficient (Wildman–Crippen LogP) is -0.342. The fourth-order valence-corrected chi connectivity index (χ4v) is 1.83. The van der Waals surface area contributed by atoms with Gasteiger partial charge in [-0.05, 0) is 0 Å². The maximum absolute atomic E-state index is 11.7. The summed E-state index contributed by atoms with van der Waals surface area (Å²) in [6.07, 6.45) is 1.45. The molecule has 0 spiro atoms. The second-order valence-electron chi connectivity index (χ2n) is 3.05. The van der Waals surface area contributed by atoms with Crippen LogP contribution >= 0.6 is 11.3 Å². The highest BCUT2D eigenvalue weighted by atomic mass is 32.1. The molecule has 0 unspecified atom stereocenters. The van der Waals surface area contributed by atoms with Crippen LogP contribution in [-0.2, 0) is 13.0 Å². The van der Waals surface area contributed by atoms with Crippen molar-refractivity contribution >= 4 is 23.2 Å². The lowest BCUT2D eigenvalue weighted by Gasteiger charge is -1.95. The zero-order valence-electron chi connectivity index (χ0n) is 8.33. The van der Waals surface area contributed by atoms with Gasteiger partial charge in [0.15, 0.2) is 0 Å². The van der Waals surface area contributed by atoms with Crippen LogP contribution in [0.25, 0.3) is 0 Å². The Hall–Kier alpha value is -1.80. The molecule has 0 saturated carbocycles. The van der Waals surface area contributed by atoms with E-state index in [-0.39, 0.29) is 18.3 Å². The van der Waals surface area contributed by atoms with Crippen molar-refractivity contribution in [1.82, 2.24) is 19.7 Å². The van der Waals surface area contributed by atoms with E-state index in [1.54, 1.807) is 5.38 Å². The number of hydrogen-bond acceptors (Lipinski definition) is 7. The van der Waals surface area contributed by atoms with E-state index in [1.807, 2.05) is 0 Å². The Labute approximate surface area is 95.1 Å². The molecule has 0 atom stereocenters. The molecular formula is C8H10N6OS. The first-order chi connectivity index (χ1) is 7.69. The molecule has 0 radical (unpaired) electrons. The van der Waals surface area contributed by atoms with Crippen LogP contribution < -0.4 is 11.5 Å². The van der Waals surface area contributed by atoms with Gasteiger partial charge >= 0.3 is 0 Å². The maximum atomic E-state index is 11.7. The first-order valence-electron chi connectivity index (χ1n) is 4.52. The molecule has 0 fully saturated rings. The topological polar surface area (TPSA) is 113 Å². The minimum absolute atomic E-state index is 0.0780. The number of anilines is 1. The molecule has 2 aromatic heterocycles. The van der Waals surface area contributed by atoms with Gasteiger partial charge in [0.05, 0.1) is 12.1 Å². The van der Waals surface area contributed by atoms with Crippen molar-refractivity contribution in [3.8, 4) is 0 Å². The highest BCUT2D eigenvalue weighted by Crippen LogP contribution is 2.09. The van der Waals surface area contributed by atoms with Crippen LogP contribution in [0, 0.1) is 0 Å². The molecule has 0 saturated heterocycles. The van der Waals surface area contributed by atoms with Gasteiger partial charge in [0.25, 0.3) is 5.91 Å². The second-order valence-corrected chi connectivity index (χ2v) is 4.00. The predicted molar refractivity (Wildman–Crippen MR) is 58.8 cm³/mol. The van der Waals surface area contributed by atoms with Crippen LogP contribution in [0.1, 0.15) is 15.5 Å². The summed E-state index contributed by atoms with van der Waals surface area (Å²) in [4.78, 5) is 19.5. The fourth-order valence-electron chi connectivity index (χ4n) is 1.16. The van der Waals surface area contributed by atoms with E-state index in [9.17, 15) is 4.79 Å². The van der Waals surface area contributed by atoms with E-state index in [0.29, 0.717) is 12.2 Å². The average molecular weight is 238 g/mol. The molecule has 2 rings (SSSR count). The van der Waals surface area contributed by atoms with Crippen molar-refractivity contribution in [1.29, 1.82) is 0 Å². The highest BCUT2D eigenvalue weighted by Gasteiger charge is 2.10. The van der Waals surface area contributed by atoms with Gasteiger partial charge < -0.3 is 11.5 Å². The Morgan fingerprint density at radius 3 is 2.94 bits per heavy atom. The molecule has 0 aliphatic rings. The Kier molecular flexibility index (Phi) is 2.93. The lowest BCUT2D eigenvalue weighted by atomic mass is 10.3. The molecular weight excluding hydrogens is 228 g/mol. The summed E-state index contributed by atoms with van der Waals surface area (Å²) in [7, 11) is 0. The monoisotopic (exact) mass is 238 g/mol. The summed E-state index contributed by atoms with van der Waals surface area (Å²) in [5.41, 5.74) is 11.4. The van der Waals surface area contributed by atoms with E-state index >= 15 is 0 Å². The summed E-state index contributed by atoms with van der Waals surface area (Å²) in [6, 6.07) is 0. The van der Waals surface area contributed by atoms with E-state index in [2.05, 4.69) is 15.1 Å². The lowest BCUT2D eigenvalue weighted by molar-refractivity contribution is 0.0897. The third-order valence-electron chi connectivity index (χ3n) is 1.87. The van der Waals surface area contributed by atoms with Gasteiger partial charge in [0.1, 0.15) is 11.3 Å². The minimum atomic E-state index is -0.224. The number of nitrogen functional groups attached to an aromatic ring is 1. The van der Waals surface area contributed by atoms with Gasteiger partial charge in [-0.1, -0.05) is 0 Å². The minimum Gasteiger partial charge on any atom is -0.366 e. The Morgan fingerprint density at radius 1 is 1.56 bits per heavy atom. The largest absolute Gasteiger partial charge is 0.366 e. The van der Waals surface area contributed by atoms with E-state index < -0.39 is 0 Å². The molecule has 0 bridgehead atoms. The first kappa shape index (κ1) is 10.7. The molecule has 0 aliphatic heterocycles. The Bertz CT molecular complexity index is 504. The standard InChI is InChI=1S/C8H10N6OS/c9-2-6-12-5(3-16-6)1-7(15)14-4-11-8(10)13-14/h3-4H,1-2,9H2,(H2,10,13). The van der Waals surface area contributed by atoms with Crippen LogP contribution in [-0.4, -0.2) is 25.7 Å². The van der Waals surface area contributed by atoms with Gasteiger partial charge in [0, 0.05) is 11.9 Å². The zero-order valence-corrected chi connectivity index (χ0v) is 9.15. The van der Waals surface area contributed by atoms with Crippen molar-refractivity contribution in [2.24, 2.45) is 5.73 Å². The molecule has 2 heterocycles. The molecule has 0 amide bonds. The number of carbonyl (C=O) groups is 1. The molecule has 0 aromatic carbocycles. The summed E-state index contributed by atoms with van der Waals surface area (Å²) in [5.74, 6) is -0.146. The summed E-state index contributed by atoms with van der Waals surface area (Å²) >= 11 is 1.43. The molecule has 2 aromatic rings. The quantitative estimate of drug-likeness (QED) is 0.756. The lowest BCUT2D eigenvalue weighted by Crippen LogP contribution is -2.14. The number of nitrogens with two attached hydrogens (primary N) is 2. The molecule has 8 heteroatoms. The average Bonchev–Trinajstić information content (AvgIpc) is 2.87. The van der Waals surface area contributed by atoms with Gasteiger partial charge in [-0.2, -0.15) is 4.68 Å². The van der Waals surface area contributed by atoms with Crippen molar-refractivity contribution in [3.05, 3.63) is 22.4 Å². The molecule has 4 N–H and O–H groups in total. The Balaban J connectivity index is 2.07. The van der Waals surface area contributed by atoms with E-state index in [1.165, 1.54) is 17.7 Å². The molecule has 16 heavy (non-hydrogen) atoms. The van der Waals surface area contributed by atoms with Crippen LogP contribution in [0.4, 0.5) is 5.95 Å².